The van der Waals surface area contributed by atoms with Gasteiger partial charge < -0.3 is 0 Å². The zero-order chi connectivity index (χ0) is 14.5. The first kappa shape index (κ1) is 14.5. The number of carbonyl (C=O) groups excluding carboxylic acids is 2. The lowest BCUT2D eigenvalue weighted by atomic mass is 10.0. The van der Waals surface area contributed by atoms with Crippen LogP contribution in [0.2, 0.25) is 0 Å². The number of Topliss-reactive ketones (excluding diaryl/α,β-unsaturated/α-hetero) is 2. The SMILES string of the molecule is CSc1ccccc1C(=O)CC(=O)c1ccc(C)cc1. The second-order valence-electron chi connectivity index (χ2n) is 4.59. The Hall–Kier alpha value is -1.87. The number of ketones is 2. The maximum atomic E-state index is 12.2. The summed E-state index contributed by atoms with van der Waals surface area (Å²) in [5, 5.41) is 0. The molecule has 0 aliphatic carbocycles. The van der Waals surface area contributed by atoms with Crippen molar-refractivity contribution in [2.45, 2.75) is 18.2 Å². The van der Waals surface area contributed by atoms with E-state index in [0.29, 0.717) is 11.1 Å². The summed E-state index contributed by atoms with van der Waals surface area (Å²) >= 11 is 1.52. The molecular formula is C17H16O2S. The smallest absolute Gasteiger partial charge is 0.171 e. The van der Waals surface area contributed by atoms with Crippen molar-refractivity contribution in [3.05, 3.63) is 65.2 Å². The van der Waals surface area contributed by atoms with E-state index < -0.39 is 0 Å². The molecule has 0 saturated heterocycles. The van der Waals surface area contributed by atoms with E-state index in [9.17, 15) is 9.59 Å². The van der Waals surface area contributed by atoms with Gasteiger partial charge in [-0.15, -0.1) is 11.8 Å². The summed E-state index contributed by atoms with van der Waals surface area (Å²) in [6.45, 7) is 1.97. The molecule has 0 radical (unpaired) electrons. The Morgan fingerprint density at radius 1 is 0.950 bits per heavy atom. The van der Waals surface area contributed by atoms with Crippen molar-refractivity contribution in [3.63, 3.8) is 0 Å². The molecule has 2 nitrogen and oxygen atoms in total. The first-order chi connectivity index (χ1) is 9.61. The van der Waals surface area contributed by atoms with E-state index in [1.807, 2.05) is 43.5 Å². The molecule has 0 aromatic heterocycles. The lowest BCUT2D eigenvalue weighted by molar-refractivity contribution is 0.0892. The number of rotatable bonds is 5. The number of hydrogen-bond donors (Lipinski definition) is 0. The van der Waals surface area contributed by atoms with Crippen molar-refractivity contribution >= 4 is 23.3 Å². The molecule has 0 amide bonds. The summed E-state index contributed by atoms with van der Waals surface area (Å²) in [6.07, 6.45) is 1.84. The molecule has 0 atom stereocenters. The van der Waals surface area contributed by atoms with Gasteiger partial charge in [-0.3, -0.25) is 9.59 Å². The van der Waals surface area contributed by atoms with Crippen LogP contribution < -0.4 is 0 Å². The second kappa shape index (κ2) is 6.53. The maximum Gasteiger partial charge on any atom is 0.171 e. The molecule has 102 valence electrons. The highest BCUT2D eigenvalue weighted by molar-refractivity contribution is 7.98. The van der Waals surface area contributed by atoms with Crippen molar-refractivity contribution in [2.24, 2.45) is 0 Å². The Morgan fingerprint density at radius 2 is 1.60 bits per heavy atom. The molecule has 2 aromatic rings. The minimum atomic E-state index is -0.133. The van der Waals surface area contributed by atoms with Gasteiger partial charge in [0.15, 0.2) is 11.6 Å². The third-order valence-corrected chi connectivity index (χ3v) is 3.90. The molecule has 0 fully saturated rings. The van der Waals surface area contributed by atoms with Gasteiger partial charge in [-0.25, -0.2) is 0 Å². The van der Waals surface area contributed by atoms with Gasteiger partial charge in [-0.05, 0) is 19.2 Å². The minimum Gasteiger partial charge on any atom is -0.294 e. The first-order valence-electron chi connectivity index (χ1n) is 6.38. The van der Waals surface area contributed by atoms with Gasteiger partial charge >= 0.3 is 0 Å². The topological polar surface area (TPSA) is 34.1 Å². The van der Waals surface area contributed by atoms with Crippen molar-refractivity contribution < 1.29 is 9.59 Å². The van der Waals surface area contributed by atoms with Crippen molar-refractivity contribution in [1.29, 1.82) is 0 Å². The molecular weight excluding hydrogens is 268 g/mol. The summed E-state index contributed by atoms with van der Waals surface area (Å²) in [5.41, 5.74) is 2.31. The summed E-state index contributed by atoms with van der Waals surface area (Å²) in [4.78, 5) is 25.3. The normalized spacial score (nSPS) is 10.3. The highest BCUT2D eigenvalue weighted by Gasteiger charge is 2.15. The van der Waals surface area contributed by atoms with Crippen LogP contribution in [0.25, 0.3) is 0 Å². The fraction of sp³-hybridized carbons (Fsp3) is 0.176. The zero-order valence-electron chi connectivity index (χ0n) is 11.6. The number of thioether (sulfide) groups is 1. The fourth-order valence-corrected chi connectivity index (χ4v) is 2.57. The first-order valence-corrected chi connectivity index (χ1v) is 7.60. The molecule has 0 bridgehead atoms. The van der Waals surface area contributed by atoms with Gasteiger partial charge in [0.05, 0.1) is 6.42 Å². The standard InChI is InChI=1S/C17H16O2S/c1-12-7-9-13(10-8-12)15(18)11-16(19)14-5-3-4-6-17(14)20-2/h3-10H,11H2,1-2H3. The highest BCUT2D eigenvalue weighted by atomic mass is 32.2. The molecule has 0 N–H and O–H groups in total. The van der Waals surface area contributed by atoms with Crippen LogP contribution in [0.4, 0.5) is 0 Å². The van der Waals surface area contributed by atoms with E-state index >= 15 is 0 Å². The van der Waals surface area contributed by atoms with E-state index in [1.165, 1.54) is 11.8 Å². The number of benzene rings is 2. The largest absolute Gasteiger partial charge is 0.294 e. The van der Waals surface area contributed by atoms with Gasteiger partial charge in [0, 0.05) is 16.0 Å². The lowest BCUT2D eigenvalue weighted by Crippen LogP contribution is -2.09. The van der Waals surface area contributed by atoms with Crippen molar-refractivity contribution in [3.8, 4) is 0 Å². The summed E-state index contributed by atoms with van der Waals surface area (Å²) in [6, 6.07) is 14.7. The molecule has 3 heteroatoms. The van der Waals surface area contributed by atoms with E-state index in [1.54, 1.807) is 18.2 Å². The van der Waals surface area contributed by atoms with Crippen LogP contribution in [0.3, 0.4) is 0 Å². The Kier molecular flexibility index (Phi) is 4.74. The van der Waals surface area contributed by atoms with Gasteiger partial charge in [0.1, 0.15) is 0 Å². The van der Waals surface area contributed by atoms with Crippen molar-refractivity contribution in [2.75, 3.05) is 6.26 Å². The predicted octanol–water partition coefficient (Wildman–Crippen LogP) is 4.17. The van der Waals surface area contributed by atoms with Crippen LogP contribution in [0.1, 0.15) is 32.7 Å². The fourth-order valence-electron chi connectivity index (χ4n) is 1.96. The molecule has 0 aliphatic rings. The van der Waals surface area contributed by atoms with Crippen LogP contribution in [0, 0.1) is 6.92 Å². The van der Waals surface area contributed by atoms with Gasteiger partial charge in [-0.2, -0.15) is 0 Å². The quantitative estimate of drug-likeness (QED) is 0.469. The van der Waals surface area contributed by atoms with E-state index in [-0.39, 0.29) is 18.0 Å². The number of hydrogen-bond acceptors (Lipinski definition) is 3. The molecule has 0 aliphatic heterocycles. The minimum absolute atomic E-state index is 0.0827. The lowest BCUT2D eigenvalue weighted by Gasteiger charge is -2.06. The van der Waals surface area contributed by atoms with Crippen LogP contribution in [0.5, 0.6) is 0 Å². The molecule has 0 saturated carbocycles. The van der Waals surface area contributed by atoms with Gasteiger partial charge in [0.25, 0.3) is 0 Å². The summed E-state index contributed by atoms with van der Waals surface area (Å²) in [7, 11) is 0. The van der Waals surface area contributed by atoms with E-state index in [4.69, 9.17) is 0 Å². The Morgan fingerprint density at radius 3 is 2.25 bits per heavy atom. The van der Waals surface area contributed by atoms with Crippen molar-refractivity contribution in [1.82, 2.24) is 0 Å². The third kappa shape index (κ3) is 3.36. The van der Waals surface area contributed by atoms with Crippen LogP contribution >= 0.6 is 11.8 Å². The molecule has 2 rings (SSSR count). The average molecular weight is 284 g/mol. The molecule has 2 aromatic carbocycles. The summed E-state index contributed by atoms with van der Waals surface area (Å²) in [5.74, 6) is -0.258. The zero-order valence-corrected chi connectivity index (χ0v) is 12.4. The number of aryl methyl sites for hydroxylation is 1. The maximum absolute atomic E-state index is 12.2. The molecule has 0 heterocycles. The molecule has 0 spiro atoms. The van der Waals surface area contributed by atoms with E-state index in [0.717, 1.165) is 10.5 Å². The predicted molar refractivity (Wildman–Crippen MR) is 82.7 cm³/mol. The Bertz CT molecular complexity index is 630. The third-order valence-electron chi connectivity index (χ3n) is 3.10. The highest BCUT2D eigenvalue weighted by Crippen LogP contribution is 2.21. The Balaban J connectivity index is 2.15. The van der Waals surface area contributed by atoms with Crippen LogP contribution in [-0.4, -0.2) is 17.8 Å². The van der Waals surface area contributed by atoms with Crippen LogP contribution in [0.15, 0.2) is 53.4 Å². The monoisotopic (exact) mass is 284 g/mol. The number of carbonyl (C=O) groups is 2. The van der Waals surface area contributed by atoms with Gasteiger partial charge in [0.2, 0.25) is 0 Å². The Labute approximate surface area is 123 Å². The van der Waals surface area contributed by atoms with Gasteiger partial charge in [-0.1, -0.05) is 48.0 Å². The van der Waals surface area contributed by atoms with E-state index in [2.05, 4.69) is 0 Å². The molecule has 0 unspecified atom stereocenters. The second-order valence-corrected chi connectivity index (χ2v) is 5.44. The average Bonchev–Trinajstić information content (AvgIpc) is 2.47. The van der Waals surface area contributed by atoms with Crippen LogP contribution in [-0.2, 0) is 0 Å². The summed E-state index contributed by atoms with van der Waals surface area (Å²) < 4.78 is 0. The molecule has 20 heavy (non-hydrogen) atoms.